The van der Waals surface area contributed by atoms with Gasteiger partial charge in [0.1, 0.15) is 5.65 Å². The number of carboxylic acid groups (broad SMARTS) is 1. The Balaban J connectivity index is 2.32. The fourth-order valence-electron chi connectivity index (χ4n) is 1.75. The van der Waals surface area contributed by atoms with Crippen LogP contribution >= 0.6 is 0 Å². The van der Waals surface area contributed by atoms with Crippen molar-refractivity contribution in [3.05, 3.63) is 30.1 Å². The summed E-state index contributed by atoms with van der Waals surface area (Å²) in [6.45, 7) is 2.69. The van der Waals surface area contributed by atoms with Gasteiger partial charge in [-0.15, -0.1) is 0 Å². The minimum atomic E-state index is -0.987. The molecule has 0 radical (unpaired) electrons. The summed E-state index contributed by atoms with van der Waals surface area (Å²) in [5, 5.41) is 12.4. The molecule has 0 bridgehead atoms. The Morgan fingerprint density at radius 3 is 2.89 bits per heavy atom. The van der Waals surface area contributed by atoms with E-state index in [1.165, 1.54) is 0 Å². The molecule has 2 rings (SSSR count). The molecule has 2 N–H and O–H groups in total. The Morgan fingerprint density at radius 2 is 2.26 bits per heavy atom. The first kappa shape index (κ1) is 13.4. The molecule has 2 aromatic heterocycles. The van der Waals surface area contributed by atoms with Crippen molar-refractivity contribution in [3.63, 3.8) is 0 Å². The molecule has 1 atom stereocenters. The Kier molecular flexibility index (Phi) is 3.71. The van der Waals surface area contributed by atoms with E-state index in [1.54, 1.807) is 22.7 Å². The van der Waals surface area contributed by atoms with Gasteiger partial charge < -0.3 is 15.3 Å². The van der Waals surface area contributed by atoms with Gasteiger partial charge in [-0.2, -0.15) is 0 Å². The lowest BCUT2D eigenvalue weighted by molar-refractivity contribution is 0.0690. The van der Waals surface area contributed by atoms with Gasteiger partial charge in [0.2, 0.25) is 0 Å². The highest BCUT2D eigenvalue weighted by molar-refractivity contribution is 5.92. The number of nitrogens with zero attached hydrogens (tertiary/aromatic N) is 3. The van der Waals surface area contributed by atoms with E-state index in [0.29, 0.717) is 18.0 Å². The number of nitrogens with one attached hydrogen (secondary N) is 1. The highest BCUT2D eigenvalue weighted by Crippen LogP contribution is 2.17. The van der Waals surface area contributed by atoms with Crippen molar-refractivity contribution in [2.24, 2.45) is 0 Å². The van der Waals surface area contributed by atoms with Crippen LogP contribution in [0.3, 0.4) is 0 Å². The fourth-order valence-corrected chi connectivity index (χ4v) is 1.75. The number of anilines is 1. The van der Waals surface area contributed by atoms with Gasteiger partial charge >= 0.3 is 5.97 Å². The third kappa shape index (κ3) is 2.68. The van der Waals surface area contributed by atoms with Crippen LogP contribution in [-0.4, -0.2) is 52.0 Å². The summed E-state index contributed by atoms with van der Waals surface area (Å²) in [4.78, 5) is 17.7. The average Bonchev–Trinajstić information content (AvgIpc) is 2.73. The zero-order valence-corrected chi connectivity index (χ0v) is 11.3. The van der Waals surface area contributed by atoms with Gasteiger partial charge in [-0.3, -0.25) is 4.40 Å². The Bertz CT molecular complexity index is 591. The SMILES string of the molecule is CC(CNc1nc2ccccn2c1C(=O)O)N(C)C. The number of carbonyl (C=O) groups is 1. The molecule has 19 heavy (non-hydrogen) atoms. The van der Waals surface area contributed by atoms with Crippen molar-refractivity contribution in [1.29, 1.82) is 0 Å². The molecule has 0 aliphatic rings. The first-order chi connectivity index (χ1) is 9.00. The molecule has 0 saturated carbocycles. The number of fused-ring (bicyclic) bond motifs is 1. The summed E-state index contributed by atoms with van der Waals surface area (Å²) in [6, 6.07) is 5.69. The van der Waals surface area contributed by atoms with Crippen LogP contribution in [0, 0.1) is 0 Å². The Morgan fingerprint density at radius 1 is 1.53 bits per heavy atom. The molecular weight excluding hydrogens is 244 g/mol. The van der Waals surface area contributed by atoms with E-state index in [0.717, 1.165) is 0 Å². The summed E-state index contributed by atoms with van der Waals surface area (Å²) in [7, 11) is 3.96. The molecule has 6 heteroatoms. The molecule has 0 fully saturated rings. The molecule has 0 spiro atoms. The third-order valence-electron chi connectivity index (χ3n) is 3.18. The van der Waals surface area contributed by atoms with Crippen LogP contribution < -0.4 is 5.32 Å². The van der Waals surface area contributed by atoms with E-state index in [2.05, 4.69) is 22.1 Å². The van der Waals surface area contributed by atoms with Crippen LogP contribution in [0.25, 0.3) is 5.65 Å². The first-order valence-electron chi connectivity index (χ1n) is 6.11. The smallest absolute Gasteiger partial charge is 0.356 e. The predicted molar refractivity (Wildman–Crippen MR) is 73.8 cm³/mol. The second kappa shape index (κ2) is 5.27. The molecule has 2 aromatic rings. The van der Waals surface area contributed by atoms with Crippen molar-refractivity contribution in [1.82, 2.24) is 14.3 Å². The van der Waals surface area contributed by atoms with Crippen LogP contribution in [0.15, 0.2) is 24.4 Å². The monoisotopic (exact) mass is 262 g/mol. The molecule has 2 heterocycles. The number of rotatable bonds is 5. The largest absolute Gasteiger partial charge is 0.476 e. The molecule has 0 saturated heterocycles. The van der Waals surface area contributed by atoms with Crippen molar-refractivity contribution >= 4 is 17.4 Å². The van der Waals surface area contributed by atoms with Crippen LogP contribution in [0.5, 0.6) is 0 Å². The van der Waals surface area contributed by atoms with Gasteiger partial charge in [-0.25, -0.2) is 9.78 Å². The standard InChI is InChI=1S/C13H18N4O2/c1-9(16(2)3)8-14-12-11(13(18)19)17-7-5-4-6-10(17)15-12/h4-7,9,14H,8H2,1-3H3,(H,18,19). The van der Waals surface area contributed by atoms with Crippen molar-refractivity contribution in [3.8, 4) is 0 Å². The topological polar surface area (TPSA) is 69.9 Å². The van der Waals surface area contributed by atoms with E-state index in [4.69, 9.17) is 0 Å². The predicted octanol–water partition coefficient (Wildman–Crippen LogP) is 1.39. The average molecular weight is 262 g/mol. The lowest BCUT2D eigenvalue weighted by Gasteiger charge is -2.19. The number of aromatic nitrogens is 2. The van der Waals surface area contributed by atoms with Crippen LogP contribution in [0.4, 0.5) is 5.82 Å². The molecule has 0 aliphatic carbocycles. The van der Waals surface area contributed by atoms with Gasteiger partial charge in [-0.05, 0) is 33.2 Å². The van der Waals surface area contributed by atoms with Crippen molar-refractivity contribution in [2.45, 2.75) is 13.0 Å². The second-order valence-corrected chi connectivity index (χ2v) is 4.74. The fraction of sp³-hybridized carbons (Fsp3) is 0.385. The van der Waals surface area contributed by atoms with E-state index < -0.39 is 5.97 Å². The summed E-state index contributed by atoms with van der Waals surface area (Å²) in [5.41, 5.74) is 0.793. The first-order valence-corrected chi connectivity index (χ1v) is 6.11. The minimum Gasteiger partial charge on any atom is -0.476 e. The summed E-state index contributed by atoms with van der Waals surface area (Å²) in [6.07, 6.45) is 1.70. The number of aromatic carboxylic acids is 1. The number of imidazole rings is 1. The molecule has 102 valence electrons. The maximum Gasteiger partial charge on any atom is 0.356 e. The maximum atomic E-state index is 11.4. The second-order valence-electron chi connectivity index (χ2n) is 4.74. The third-order valence-corrected chi connectivity index (χ3v) is 3.18. The number of likely N-dealkylation sites (N-methyl/N-ethyl adjacent to an activating group) is 1. The highest BCUT2D eigenvalue weighted by atomic mass is 16.4. The normalized spacial score (nSPS) is 12.8. The van der Waals surface area contributed by atoms with E-state index >= 15 is 0 Å². The van der Waals surface area contributed by atoms with E-state index in [9.17, 15) is 9.90 Å². The summed E-state index contributed by atoms with van der Waals surface area (Å²) < 4.78 is 1.57. The minimum absolute atomic E-state index is 0.168. The van der Waals surface area contributed by atoms with Crippen molar-refractivity contribution in [2.75, 3.05) is 26.0 Å². The van der Waals surface area contributed by atoms with E-state index in [1.807, 2.05) is 20.2 Å². The number of hydrogen-bond acceptors (Lipinski definition) is 4. The zero-order chi connectivity index (χ0) is 14.0. The van der Waals surface area contributed by atoms with Crippen LogP contribution in [-0.2, 0) is 0 Å². The van der Waals surface area contributed by atoms with E-state index in [-0.39, 0.29) is 11.7 Å². The zero-order valence-electron chi connectivity index (χ0n) is 11.3. The summed E-state index contributed by atoms with van der Waals surface area (Å²) >= 11 is 0. The molecule has 0 aliphatic heterocycles. The van der Waals surface area contributed by atoms with Gasteiger partial charge in [0, 0.05) is 18.8 Å². The highest BCUT2D eigenvalue weighted by Gasteiger charge is 2.18. The van der Waals surface area contributed by atoms with Crippen LogP contribution in [0.1, 0.15) is 17.4 Å². The quantitative estimate of drug-likeness (QED) is 0.852. The molecular formula is C13H18N4O2. The lowest BCUT2D eigenvalue weighted by atomic mass is 10.3. The molecule has 1 unspecified atom stereocenters. The summed E-state index contributed by atoms with van der Waals surface area (Å²) in [5.74, 6) is -0.578. The number of hydrogen-bond donors (Lipinski definition) is 2. The number of carboxylic acids is 1. The van der Waals surface area contributed by atoms with Gasteiger partial charge in [0.05, 0.1) is 0 Å². The maximum absolute atomic E-state index is 11.4. The number of pyridine rings is 1. The molecule has 0 amide bonds. The van der Waals surface area contributed by atoms with Crippen LogP contribution in [0.2, 0.25) is 0 Å². The Labute approximate surface area is 111 Å². The van der Waals surface area contributed by atoms with Gasteiger partial charge in [0.15, 0.2) is 11.5 Å². The van der Waals surface area contributed by atoms with Crippen molar-refractivity contribution < 1.29 is 9.90 Å². The lowest BCUT2D eigenvalue weighted by Crippen LogP contribution is -2.31. The van der Waals surface area contributed by atoms with Gasteiger partial charge in [-0.1, -0.05) is 6.07 Å². The molecule has 0 aromatic carbocycles. The Hall–Kier alpha value is -2.08. The van der Waals surface area contributed by atoms with Gasteiger partial charge in [0.25, 0.3) is 0 Å². The molecule has 6 nitrogen and oxygen atoms in total.